The summed E-state index contributed by atoms with van der Waals surface area (Å²) >= 11 is 0. The lowest BCUT2D eigenvalue weighted by Gasteiger charge is -2.26. The van der Waals surface area contributed by atoms with Gasteiger partial charge in [0.15, 0.2) is 5.85 Å². The van der Waals surface area contributed by atoms with Crippen LogP contribution in [0.4, 0.5) is 0 Å². The first kappa shape index (κ1) is 17.1. The minimum Gasteiger partial charge on any atom is -0.380 e. The zero-order valence-electron chi connectivity index (χ0n) is 11.7. The van der Waals surface area contributed by atoms with Crippen molar-refractivity contribution >= 4 is 7.60 Å². The summed E-state index contributed by atoms with van der Waals surface area (Å²) in [6, 6.07) is 0. The highest BCUT2D eigenvalue weighted by molar-refractivity contribution is 7.54. The van der Waals surface area contributed by atoms with E-state index in [0.717, 1.165) is 19.3 Å². The van der Waals surface area contributed by atoms with Gasteiger partial charge in [-0.15, -0.1) is 0 Å². The second-order valence-electron chi connectivity index (χ2n) is 4.82. The van der Waals surface area contributed by atoms with Crippen molar-refractivity contribution < 1.29 is 18.7 Å². The molecule has 0 saturated heterocycles. The van der Waals surface area contributed by atoms with Crippen molar-refractivity contribution in [3.63, 3.8) is 0 Å². The molecule has 5 heteroatoms. The first-order chi connectivity index (χ1) is 7.81. The van der Waals surface area contributed by atoms with Crippen LogP contribution in [0.1, 0.15) is 60.3 Å². The van der Waals surface area contributed by atoms with Gasteiger partial charge in [-0.25, -0.2) is 0 Å². The minimum absolute atomic E-state index is 0.222. The van der Waals surface area contributed by atoms with Gasteiger partial charge in [0.05, 0.1) is 12.2 Å². The highest BCUT2D eigenvalue weighted by Crippen LogP contribution is 2.55. The number of hydrogen-bond donors (Lipinski definition) is 1. The third kappa shape index (κ3) is 7.20. The van der Waals surface area contributed by atoms with Gasteiger partial charge in [-0.3, -0.25) is 4.57 Å². The van der Waals surface area contributed by atoms with Crippen molar-refractivity contribution in [2.75, 3.05) is 0 Å². The van der Waals surface area contributed by atoms with E-state index in [2.05, 4.69) is 6.92 Å². The molecular weight excluding hydrogens is 239 g/mol. The van der Waals surface area contributed by atoms with E-state index in [1.807, 2.05) is 0 Å². The van der Waals surface area contributed by atoms with E-state index in [1.54, 1.807) is 27.7 Å². The molecule has 0 amide bonds. The molecule has 104 valence electrons. The molecule has 0 aromatic rings. The molecule has 0 aromatic carbocycles. The Morgan fingerprint density at radius 2 is 1.53 bits per heavy atom. The summed E-state index contributed by atoms with van der Waals surface area (Å²) in [6.07, 6.45) is 2.93. The van der Waals surface area contributed by atoms with Gasteiger partial charge in [0.25, 0.3) is 0 Å². The first-order valence-electron chi connectivity index (χ1n) is 6.46. The maximum absolute atomic E-state index is 12.4. The predicted octanol–water partition coefficient (Wildman–Crippen LogP) is 3.93. The summed E-state index contributed by atoms with van der Waals surface area (Å²) < 4.78 is 23.1. The number of unbranched alkanes of at least 4 members (excludes halogenated alkanes) is 2. The molecule has 0 rings (SSSR count). The first-order valence-corrected chi connectivity index (χ1v) is 8.07. The molecule has 1 unspecified atom stereocenters. The second kappa shape index (κ2) is 8.25. The van der Waals surface area contributed by atoms with Crippen LogP contribution in [0.2, 0.25) is 0 Å². The van der Waals surface area contributed by atoms with E-state index >= 15 is 0 Å². The molecule has 0 fully saturated rings. The van der Waals surface area contributed by atoms with Crippen LogP contribution >= 0.6 is 7.60 Å². The smallest absolute Gasteiger partial charge is 0.359 e. The van der Waals surface area contributed by atoms with Crippen LogP contribution in [0.25, 0.3) is 0 Å². The lowest BCUT2D eigenvalue weighted by molar-refractivity contribution is 0.0973. The Balaban J connectivity index is 4.49. The zero-order chi connectivity index (χ0) is 13.5. The van der Waals surface area contributed by atoms with Crippen molar-refractivity contribution in [1.82, 2.24) is 0 Å². The van der Waals surface area contributed by atoms with Gasteiger partial charge in [0.1, 0.15) is 0 Å². The molecule has 4 nitrogen and oxygen atoms in total. The molecule has 0 radical (unpaired) electrons. The third-order valence-electron chi connectivity index (χ3n) is 2.15. The fourth-order valence-electron chi connectivity index (χ4n) is 1.49. The van der Waals surface area contributed by atoms with Crippen LogP contribution in [0.5, 0.6) is 0 Å². The molecule has 0 spiro atoms. The summed E-state index contributed by atoms with van der Waals surface area (Å²) in [5.74, 6) is -1.01. The molecule has 0 saturated carbocycles. The molecule has 17 heavy (non-hydrogen) atoms. The number of hydrogen-bond acceptors (Lipinski definition) is 4. The van der Waals surface area contributed by atoms with E-state index in [-0.39, 0.29) is 12.2 Å². The van der Waals surface area contributed by atoms with Crippen molar-refractivity contribution in [3.05, 3.63) is 0 Å². The molecule has 1 N–H and O–H groups in total. The quantitative estimate of drug-likeness (QED) is 0.507. The Bertz CT molecular complexity index is 227. The standard InChI is InChI=1S/C12H27O4P/c1-6-7-8-9-12(13)17(14,15-10(2)3)16-11(4)5/h10-13H,6-9H2,1-5H3. The van der Waals surface area contributed by atoms with Gasteiger partial charge >= 0.3 is 7.60 Å². The molecular formula is C12H27O4P. The molecule has 0 aliphatic heterocycles. The molecule has 0 aliphatic rings. The average Bonchev–Trinajstić information content (AvgIpc) is 2.15. The molecule has 0 bridgehead atoms. The Labute approximate surface area is 105 Å². The Morgan fingerprint density at radius 3 is 1.88 bits per heavy atom. The van der Waals surface area contributed by atoms with Crippen molar-refractivity contribution in [1.29, 1.82) is 0 Å². The van der Waals surface area contributed by atoms with E-state index in [0.29, 0.717) is 6.42 Å². The van der Waals surface area contributed by atoms with Gasteiger partial charge in [-0.1, -0.05) is 26.2 Å². The number of aliphatic hydroxyl groups excluding tert-OH is 1. The van der Waals surface area contributed by atoms with Gasteiger partial charge in [0.2, 0.25) is 0 Å². The van der Waals surface area contributed by atoms with Crippen LogP contribution in [0.3, 0.4) is 0 Å². The summed E-state index contributed by atoms with van der Waals surface area (Å²) in [5.41, 5.74) is 0. The van der Waals surface area contributed by atoms with Crippen LogP contribution in [-0.4, -0.2) is 23.2 Å². The molecule has 0 heterocycles. The van der Waals surface area contributed by atoms with Crippen molar-refractivity contribution in [2.45, 2.75) is 78.4 Å². The summed E-state index contributed by atoms with van der Waals surface area (Å²) in [6.45, 7) is 9.23. The highest BCUT2D eigenvalue weighted by atomic mass is 31.2. The topological polar surface area (TPSA) is 55.8 Å². The zero-order valence-corrected chi connectivity index (χ0v) is 12.6. The van der Waals surface area contributed by atoms with E-state index in [4.69, 9.17) is 9.05 Å². The SMILES string of the molecule is CCCCCC(O)P(=O)(OC(C)C)OC(C)C. The molecule has 0 aromatic heterocycles. The van der Waals surface area contributed by atoms with Crippen LogP contribution in [0.15, 0.2) is 0 Å². The number of aliphatic hydroxyl groups is 1. The van der Waals surface area contributed by atoms with Crippen molar-refractivity contribution in [3.8, 4) is 0 Å². The monoisotopic (exact) mass is 266 g/mol. The highest BCUT2D eigenvalue weighted by Gasteiger charge is 2.36. The summed E-state index contributed by atoms with van der Waals surface area (Å²) in [5, 5.41) is 9.98. The third-order valence-corrected chi connectivity index (χ3v) is 4.57. The lowest BCUT2D eigenvalue weighted by atomic mass is 10.2. The molecule has 0 aliphatic carbocycles. The van der Waals surface area contributed by atoms with Crippen LogP contribution in [0, 0.1) is 0 Å². The Hall–Kier alpha value is 0.110. The largest absolute Gasteiger partial charge is 0.380 e. The van der Waals surface area contributed by atoms with Crippen LogP contribution in [-0.2, 0) is 13.6 Å². The predicted molar refractivity (Wildman–Crippen MR) is 70.2 cm³/mol. The fraction of sp³-hybridized carbons (Fsp3) is 1.00. The second-order valence-corrected chi connectivity index (χ2v) is 6.92. The normalized spacial score (nSPS) is 14.6. The van der Waals surface area contributed by atoms with Crippen LogP contribution < -0.4 is 0 Å². The fourth-order valence-corrected chi connectivity index (χ4v) is 3.49. The summed E-state index contributed by atoms with van der Waals surface area (Å²) in [7, 11) is -3.41. The van der Waals surface area contributed by atoms with E-state index in [9.17, 15) is 9.67 Å². The minimum atomic E-state index is -3.41. The maximum Gasteiger partial charge on any atom is 0.359 e. The van der Waals surface area contributed by atoms with Crippen molar-refractivity contribution in [2.24, 2.45) is 0 Å². The van der Waals surface area contributed by atoms with Gasteiger partial charge in [-0.2, -0.15) is 0 Å². The van der Waals surface area contributed by atoms with E-state index < -0.39 is 13.4 Å². The van der Waals surface area contributed by atoms with Gasteiger partial charge in [0, 0.05) is 0 Å². The maximum atomic E-state index is 12.4. The number of rotatable bonds is 9. The van der Waals surface area contributed by atoms with E-state index in [1.165, 1.54) is 0 Å². The summed E-state index contributed by atoms with van der Waals surface area (Å²) in [4.78, 5) is 0. The van der Waals surface area contributed by atoms with Gasteiger partial charge < -0.3 is 14.2 Å². The molecule has 1 atom stereocenters. The Morgan fingerprint density at radius 1 is 1.06 bits per heavy atom. The van der Waals surface area contributed by atoms with Gasteiger partial charge in [-0.05, 0) is 34.1 Å². The average molecular weight is 266 g/mol. The Kier molecular flexibility index (Phi) is 8.31. The lowest BCUT2D eigenvalue weighted by Crippen LogP contribution is -2.18.